The van der Waals surface area contributed by atoms with Crippen LogP contribution in [0.25, 0.3) is 0 Å². The summed E-state index contributed by atoms with van der Waals surface area (Å²) in [6.07, 6.45) is 0. The van der Waals surface area contributed by atoms with Crippen LogP contribution < -0.4 is 5.32 Å². The Morgan fingerprint density at radius 2 is 2.00 bits per heavy atom. The zero-order valence-electron chi connectivity index (χ0n) is 11.4. The average Bonchev–Trinajstić information content (AvgIpc) is 2.38. The molecule has 0 aromatic heterocycles. The smallest absolute Gasteiger partial charge is 0.123 e. The molecule has 0 saturated heterocycles. The second-order valence-corrected chi connectivity index (χ2v) is 6.04. The molecule has 0 aliphatic carbocycles. The fourth-order valence-corrected chi connectivity index (χ4v) is 3.13. The Bertz CT molecular complexity index is 595. The lowest BCUT2D eigenvalue weighted by atomic mass is 9.97. The molecule has 0 aliphatic heterocycles. The van der Waals surface area contributed by atoms with Gasteiger partial charge in [0.1, 0.15) is 5.82 Å². The van der Waals surface area contributed by atoms with Gasteiger partial charge in [-0.15, -0.1) is 0 Å². The van der Waals surface area contributed by atoms with Gasteiger partial charge in [0, 0.05) is 9.50 Å². The molecule has 1 atom stereocenters. The van der Waals surface area contributed by atoms with Crippen molar-refractivity contribution in [1.29, 1.82) is 0 Å². The summed E-state index contributed by atoms with van der Waals surface area (Å²) in [7, 11) is 0. The van der Waals surface area contributed by atoms with E-state index in [0.717, 1.165) is 27.7 Å². The number of halogens is 3. The maximum atomic E-state index is 13.5. The van der Waals surface area contributed by atoms with Crippen LogP contribution in [0.3, 0.4) is 0 Å². The third-order valence-corrected chi connectivity index (χ3v) is 3.88. The van der Waals surface area contributed by atoms with Crippen molar-refractivity contribution in [1.82, 2.24) is 5.32 Å². The standard InChI is InChI=1S/C16H16BrClFN/c1-3-20-16(11-6-10(2)7-12(17)8-11)14-9-13(19)4-5-15(14)18/h4-9,16,20H,3H2,1-2H3. The maximum Gasteiger partial charge on any atom is 0.123 e. The zero-order valence-corrected chi connectivity index (χ0v) is 13.7. The summed E-state index contributed by atoms with van der Waals surface area (Å²) in [5, 5.41) is 3.93. The minimum absolute atomic E-state index is 0.126. The molecule has 1 nitrogen and oxygen atoms in total. The minimum atomic E-state index is -0.279. The van der Waals surface area contributed by atoms with E-state index in [1.807, 2.05) is 26.0 Å². The third kappa shape index (κ3) is 3.60. The van der Waals surface area contributed by atoms with Gasteiger partial charge in [0.15, 0.2) is 0 Å². The lowest BCUT2D eigenvalue weighted by molar-refractivity contribution is 0.603. The summed E-state index contributed by atoms with van der Waals surface area (Å²) in [6, 6.07) is 10.5. The van der Waals surface area contributed by atoms with Crippen molar-refractivity contribution in [3.63, 3.8) is 0 Å². The van der Waals surface area contributed by atoms with Crippen LogP contribution in [0.5, 0.6) is 0 Å². The van der Waals surface area contributed by atoms with Gasteiger partial charge in [-0.3, -0.25) is 0 Å². The van der Waals surface area contributed by atoms with E-state index in [-0.39, 0.29) is 11.9 Å². The first-order valence-electron chi connectivity index (χ1n) is 6.46. The second kappa shape index (κ2) is 6.70. The normalized spacial score (nSPS) is 12.4. The Kier molecular flexibility index (Phi) is 5.19. The van der Waals surface area contributed by atoms with Crippen molar-refractivity contribution in [2.45, 2.75) is 19.9 Å². The highest BCUT2D eigenvalue weighted by Crippen LogP contribution is 2.31. The molecule has 1 unspecified atom stereocenters. The molecule has 0 amide bonds. The van der Waals surface area contributed by atoms with Crippen LogP contribution in [0.4, 0.5) is 4.39 Å². The largest absolute Gasteiger partial charge is 0.306 e. The van der Waals surface area contributed by atoms with E-state index < -0.39 is 0 Å². The Morgan fingerprint density at radius 1 is 1.25 bits per heavy atom. The fourth-order valence-electron chi connectivity index (χ4n) is 2.28. The molecular formula is C16H16BrClFN. The molecule has 2 aromatic carbocycles. The van der Waals surface area contributed by atoms with Crippen LogP contribution in [-0.4, -0.2) is 6.54 Å². The highest BCUT2D eigenvalue weighted by atomic mass is 79.9. The van der Waals surface area contributed by atoms with Gasteiger partial charge in [0.25, 0.3) is 0 Å². The van der Waals surface area contributed by atoms with E-state index in [0.29, 0.717) is 5.02 Å². The Balaban J connectivity index is 2.52. The highest BCUT2D eigenvalue weighted by Gasteiger charge is 2.17. The van der Waals surface area contributed by atoms with Crippen LogP contribution in [-0.2, 0) is 0 Å². The molecule has 2 aromatic rings. The van der Waals surface area contributed by atoms with Gasteiger partial charge in [0.05, 0.1) is 6.04 Å². The van der Waals surface area contributed by atoms with Gasteiger partial charge in [-0.2, -0.15) is 0 Å². The molecule has 0 fully saturated rings. The van der Waals surface area contributed by atoms with E-state index in [1.165, 1.54) is 12.1 Å². The minimum Gasteiger partial charge on any atom is -0.306 e. The SMILES string of the molecule is CCNC(c1cc(C)cc(Br)c1)c1cc(F)ccc1Cl. The van der Waals surface area contributed by atoms with Crippen molar-refractivity contribution in [3.8, 4) is 0 Å². The molecule has 0 heterocycles. The monoisotopic (exact) mass is 355 g/mol. The summed E-state index contributed by atoms with van der Waals surface area (Å²) in [5.41, 5.74) is 2.96. The van der Waals surface area contributed by atoms with Crippen LogP contribution in [0.15, 0.2) is 40.9 Å². The van der Waals surface area contributed by atoms with Gasteiger partial charge in [-0.05, 0) is 60.5 Å². The van der Waals surface area contributed by atoms with Crippen molar-refractivity contribution in [2.24, 2.45) is 0 Å². The number of hydrogen-bond donors (Lipinski definition) is 1. The molecule has 0 spiro atoms. The Hall–Kier alpha value is -0.900. The van der Waals surface area contributed by atoms with Crippen molar-refractivity contribution in [3.05, 3.63) is 68.4 Å². The molecule has 1 N–H and O–H groups in total. The molecule has 0 bridgehead atoms. The van der Waals surface area contributed by atoms with Crippen LogP contribution in [0.1, 0.15) is 29.7 Å². The molecule has 20 heavy (non-hydrogen) atoms. The average molecular weight is 357 g/mol. The summed E-state index contributed by atoms with van der Waals surface area (Å²) in [4.78, 5) is 0. The van der Waals surface area contributed by atoms with E-state index in [4.69, 9.17) is 11.6 Å². The first kappa shape index (κ1) is 15.5. The molecule has 0 aliphatic rings. The summed E-state index contributed by atoms with van der Waals surface area (Å²) < 4.78 is 14.5. The van der Waals surface area contributed by atoms with E-state index >= 15 is 0 Å². The first-order valence-corrected chi connectivity index (χ1v) is 7.63. The predicted molar refractivity (Wildman–Crippen MR) is 85.8 cm³/mol. The van der Waals surface area contributed by atoms with Crippen molar-refractivity contribution >= 4 is 27.5 Å². The van der Waals surface area contributed by atoms with E-state index in [2.05, 4.69) is 27.3 Å². The number of hydrogen-bond acceptors (Lipinski definition) is 1. The van der Waals surface area contributed by atoms with Crippen molar-refractivity contribution in [2.75, 3.05) is 6.54 Å². The quantitative estimate of drug-likeness (QED) is 0.789. The van der Waals surface area contributed by atoms with Crippen LogP contribution >= 0.6 is 27.5 Å². The van der Waals surface area contributed by atoms with Crippen LogP contribution in [0.2, 0.25) is 5.02 Å². The molecular weight excluding hydrogens is 341 g/mol. The second-order valence-electron chi connectivity index (χ2n) is 4.72. The van der Waals surface area contributed by atoms with Gasteiger partial charge < -0.3 is 5.32 Å². The first-order chi connectivity index (χ1) is 9.51. The topological polar surface area (TPSA) is 12.0 Å². The molecule has 2 rings (SSSR count). The van der Waals surface area contributed by atoms with Crippen molar-refractivity contribution < 1.29 is 4.39 Å². The fraction of sp³-hybridized carbons (Fsp3) is 0.250. The van der Waals surface area contributed by atoms with E-state index in [1.54, 1.807) is 6.07 Å². The predicted octanol–water partition coefficient (Wildman–Crippen LogP) is 5.25. The Labute approximate surface area is 132 Å². The lowest BCUT2D eigenvalue weighted by Gasteiger charge is -2.21. The summed E-state index contributed by atoms with van der Waals surface area (Å²) in [6.45, 7) is 4.82. The highest BCUT2D eigenvalue weighted by molar-refractivity contribution is 9.10. The number of aryl methyl sites for hydroxylation is 1. The third-order valence-electron chi connectivity index (χ3n) is 3.08. The zero-order chi connectivity index (χ0) is 14.7. The van der Waals surface area contributed by atoms with E-state index in [9.17, 15) is 4.39 Å². The van der Waals surface area contributed by atoms with Gasteiger partial charge in [0.2, 0.25) is 0 Å². The van der Waals surface area contributed by atoms with Gasteiger partial charge >= 0.3 is 0 Å². The molecule has 0 radical (unpaired) electrons. The summed E-state index contributed by atoms with van der Waals surface area (Å²) >= 11 is 9.74. The Morgan fingerprint density at radius 3 is 2.65 bits per heavy atom. The number of benzene rings is 2. The number of rotatable bonds is 4. The molecule has 0 saturated carbocycles. The molecule has 106 valence electrons. The maximum absolute atomic E-state index is 13.5. The number of nitrogens with one attached hydrogen (secondary N) is 1. The van der Waals surface area contributed by atoms with Crippen LogP contribution in [0, 0.1) is 12.7 Å². The lowest BCUT2D eigenvalue weighted by Crippen LogP contribution is -2.22. The summed E-state index contributed by atoms with van der Waals surface area (Å²) in [5.74, 6) is -0.279. The van der Waals surface area contributed by atoms with Gasteiger partial charge in [-0.1, -0.05) is 40.5 Å². The van der Waals surface area contributed by atoms with Gasteiger partial charge in [-0.25, -0.2) is 4.39 Å². The molecule has 4 heteroatoms.